The molecule has 0 fully saturated rings. The Labute approximate surface area is 107 Å². The molecule has 1 aliphatic rings. The summed E-state index contributed by atoms with van der Waals surface area (Å²) in [4.78, 5) is 6.55. The van der Waals surface area contributed by atoms with Gasteiger partial charge in [0.15, 0.2) is 0 Å². The topological polar surface area (TPSA) is 15.6 Å². The lowest BCUT2D eigenvalue weighted by molar-refractivity contribution is 0.985. The average Bonchev–Trinajstić information content (AvgIpc) is 2.49. The molecular formula is C16H14N2. The van der Waals surface area contributed by atoms with Gasteiger partial charge in [-0.2, -0.15) is 0 Å². The fourth-order valence-corrected chi connectivity index (χ4v) is 2.11. The largest absolute Gasteiger partial charge is 0.321 e. The summed E-state index contributed by atoms with van der Waals surface area (Å²) in [6.07, 6.45) is 3.94. The molecule has 0 spiro atoms. The highest BCUT2D eigenvalue weighted by atomic mass is 15.2. The molecule has 2 aromatic rings. The van der Waals surface area contributed by atoms with Gasteiger partial charge in [0.1, 0.15) is 6.67 Å². The van der Waals surface area contributed by atoms with Gasteiger partial charge in [-0.25, -0.2) is 0 Å². The van der Waals surface area contributed by atoms with Crippen molar-refractivity contribution in [3.63, 3.8) is 0 Å². The van der Waals surface area contributed by atoms with Crippen molar-refractivity contribution in [2.24, 2.45) is 4.99 Å². The maximum absolute atomic E-state index is 4.34. The number of para-hydroxylation sites is 1. The summed E-state index contributed by atoms with van der Waals surface area (Å²) in [6.45, 7) is 0.671. The molecule has 88 valence electrons. The minimum Gasteiger partial charge on any atom is -0.321 e. The van der Waals surface area contributed by atoms with Crippen LogP contribution in [0.2, 0.25) is 0 Å². The van der Waals surface area contributed by atoms with Crippen molar-refractivity contribution >= 4 is 17.6 Å². The van der Waals surface area contributed by atoms with Crippen LogP contribution in [0.5, 0.6) is 0 Å². The van der Waals surface area contributed by atoms with Gasteiger partial charge in [-0.3, -0.25) is 4.99 Å². The lowest BCUT2D eigenvalue weighted by Crippen LogP contribution is -2.24. The van der Waals surface area contributed by atoms with E-state index in [-0.39, 0.29) is 0 Å². The Morgan fingerprint density at radius 2 is 1.50 bits per heavy atom. The Kier molecular flexibility index (Phi) is 2.92. The van der Waals surface area contributed by atoms with Crippen LogP contribution in [0.3, 0.4) is 0 Å². The first kappa shape index (κ1) is 10.8. The van der Waals surface area contributed by atoms with E-state index >= 15 is 0 Å². The van der Waals surface area contributed by atoms with Crippen molar-refractivity contribution in [3.8, 4) is 0 Å². The fourth-order valence-electron chi connectivity index (χ4n) is 2.11. The normalized spacial score (nSPS) is 14.4. The summed E-state index contributed by atoms with van der Waals surface area (Å²) in [6, 6.07) is 20.8. The van der Waals surface area contributed by atoms with E-state index in [9.17, 15) is 0 Å². The summed E-state index contributed by atoms with van der Waals surface area (Å²) in [5.41, 5.74) is 3.58. The summed E-state index contributed by atoms with van der Waals surface area (Å²) >= 11 is 0. The Hall–Kier alpha value is -2.35. The van der Waals surface area contributed by atoms with E-state index in [1.807, 2.05) is 18.3 Å². The molecule has 2 heteroatoms. The quantitative estimate of drug-likeness (QED) is 0.775. The predicted molar refractivity (Wildman–Crippen MR) is 76.7 cm³/mol. The minimum atomic E-state index is 0.671. The monoisotopic (exact) mass is 234 g/mol. The van der Waals surface area contributed by atoms with Crippen molar-refractivity contribution in [1.82, 2.24) is 0 Å². The Morgan fingerprint density at radius 1 is 0.833 bits per heavy atom. The smallest absolute Gasteiger partial charge is 0.114 e. The van der Waals surface area contributed by atoms with E-state index < -0.39 is 0 Å². The maximum Gasteiger partial charge on any atom is 0.114 e. The van der Waals surface area contributed by atoms with Gasteiger partial charge in [-0.05, 0) is 23.8 Å². The fraction of sp³-hybridized carbons (Fsp3) is 0.0625. The van der Waals surface area contributed by atoms with Crippen LogP contribution in [-0.4, -0.2) is 12.9 Å². The summed E-state index contributed by atoms with van der Waals surface area (Å²) in [5, 5.41) is 0. The van der Waals surface area contributed by atoms with Gasteiger partial charge in [0, 0.05) is 11.9 Å². The maximum atomic E-state index is 4.34. The molecule has 3 rings (SSSR count). The van der Waals surface area contributed by atoms with Gasteiger partial charge < -0.3 is 4.90 Å². The first-order valence-corrected chi connectivity index (χ1v) is 6.03. The molecule has 0 N–H and O–H groups in total. The Balaban J connectivity index is 2.01. The van der Waals surface area contributed by atoms with Crippen molar-refractivity contribution in [2.75, 3.05) is 11.6 Å². The summed E-state index contributed by atoms with van der Waals surface area (Å²) in [5.74, 6) is 0. The van der Waals surface area contributed by atoms with Crippen LogP contribution in [0.25, 0.3) is 5.70 Å². The van der Waals surface area contributed by atoms with Crippen LogP contribution in [0.1, 0.15) is 5.56 Å². The molecule has 0 aromatic heterocycles. The van der Waals surface area contributed by atoms with Gasteiger partial charge in [0.25, 0.3) is 0 Å². The highest BCUT2D eigenvalue weighted by Gasteiger charge is 2.14. The van der Waals surface area contributed by atoms with Crippen molar-refractivity contribution in [2.45, 2.75) is 0 Å². The second kappa shape index (κ2) is 4.88. The van der Waals surface area contributed by atoms with Crippen LogP contribution in [0, 0.1) is 0 Å². The number of anilines is 1. The summed E-state index contributed by atoms with van der Waals surface area (Å²) < 4.78 is 0. The van der Waals surface area contributed by atoms with E-state index in [1.165, 1.54) is 16.9 Å². The number of nitrogens with zero attached hydrogens (tertiary/aromatic N) is 2. The highest BCUT2D eigenvalue weighted by Crippen LogP contribution is 2.27. The second-order valence-electron chi connectivity index (χ2n) is 4.15. The highest BCUT2D eigenvalue weighted by molar-refractivity contribution is 5.92. The molecule has 0 saturated carbocycles. The minimum absolute atomic E-state index is 0.671. The number of hydrogen-bond acceptors (Lipinski definition) is 2. The number of hydrogen-bond donors (Lipinski definition) is 0. The second-order valence-corrected chi connectivity index (χ2v) is 4.15. The van der Waals surface area contributed by atoms with Gasteiger partial charge in [0.05, 0.1) is 5.70 Å². The van der Waals surface area contributed by atoms with E-state index in [0.29, 0.717) is 6.67 Å². The molecular weight excluding hydrogens is 220 g/mol. The molecule has 0 unspecified atom stereocenters. The zero-order valence-electron chi connectivity index (χ0n) is 10.0. The Bertz CT molecular complexity index is 571. The molecule has 1 aliphatic heterocycles. The summed E-state index contributed by atoms with van der Waals surface area (Å²) in [7, 11) is 0. The lowest BCUT2D eigenvalue weighted by Gasteiger charge is -2.27. The third kappa shape index (κ3) is 2.05. The van der Waals surface area contributed by atoms with E-state index in [4.69, 9.17) is 0 Å². The van der Waals surface area contributed by atoms with E-state index in [1.54, 1.807) is 0 Å². The van der Waals surface area contributed by atoms with Crippen molar-refractivity contribution in [3.05, 3.63) is 72.3 Å². The number of aliphatic imine (C=N–C) groups is 1. The van der Waals surface area contributed by atoms with Crippen LogP contribution < -0.4 is 4.90 Å². The molecule has 1 heterocycles. The van der Waals surface area contributed by atoms with Crippen LogP contribution in [0.15, 0.2) is 71.7 Å². The molecule has 0 atom stereocenters. The third-order valence-corrected chi connectivity index (χ3v) is 2.99. The first-order chi connectivity index (χ1) is 8.95. The molecule has 0 bridgehead atoms. The molecule has 0 radical (unpaired) electrons. The van der Waals surface area contributed by atoms with Gasteiger partial charge in [0.2, 0.25) is 0 Å². The van der Waals surface area contributed by atoms with Crippen LogP contribution in [-0.2, 0) is 0 Å². The Morgan fingerprint density at radius 3 is 2.22 bits per heavy atom. The van der Waals surface area contributed by atoms with Crippen molar-refractivity contribution in [1.29, 1.82) is 0 Å². The molecule has 0 aliphatic carbocycles. The average molecular weight is 234 g/mol. The van der Waals surface area contributed by atoms with Gasteiger partial charge in [-0.15, -0.1) is 0 Å². The SMILES string of the molecule is C1=NCN(c2ccccc2)C(c2ccccc2)=C1. The standard InChI is InChI=1S/C16H14N2/c1-3-7-14(8-4-1)16-11-12-17-13-18(16)15-9-5-2-6-10-15/h1-12H,13H2. The van der Waals surface area contributed by atoms with E-state index in [0.717, 1.165) is 0 Å². The number of allylic oxidation sites excluding steroid dienone is 1. The molecule has 0 amide bonds. The molecule has 2 aromatic carbocycles. The first-order valence-electron chi connectivity index (χ1n) is 6.03. The number of rotatable bonds is 2. The van der Waals surface area contributed by atoms with Crippen LogP contribution in [0.4, 0.5) is 5.69 Å². The van der Waals surface area contributed by atoms with Crippen LogP contribution >= 0.6 is 0 Å². The van der Waals surface area contributed by atoms with Gasteiger partial charge in [-0.1, -0.05) is 48.5 Å². The molecule has 0 saturated heterocycles. The number of benzene rings is 2. The van der Waals surface area contributed by atoms with Crippen molar-refractivity contribution < 1.29 is 0 Å². The zero-order valence-corrected chi connectivity index (χ0v) is 10.0. The third-order valence-electron chi connectivity index (χ3n) is 2.99. The lowest BCUT2D eigenvalue weighted by atomic mass is 10.1. The predicted octanol–water partition coefficient (Wildman–Crippen LogP) is 3.58. The molecule has 18 heavy (non-hydrogen) atoms. The molecule has 2 nitrogen and oxygen atoms in total. The zero-order chi connectivity index (χ0) is 12.2. The van der Waals surface area contributed by atoms with E-state index in [2.05, 4.69) is 64.5 Å². The van der Waals surface area contributed by atoms with Gasteiger partial charge >= 0.3 is 0 Å².